The highest BCUT2D eigenvalue weighted by Crippen LogP contribution is 2.42. The highest BCUT2D eigenvalue weighted by Gasteiger charge is 2.33. The SMILES string of the molecule is C=CC(=O)N1CC(C)C(C=O)C1.CCn1c(-c2cccnc2C(C)OC)c(CC(C)(C)COC=O)c2cc(-c3cccc(CC(NC(=O)C(C(C)C)N(C)C)C(=O)N4CCCCN4)c3)ccc21. The Kier molecular flexibility index (Phi) is 18.6. The molecule has 2 aliphatic rings. The second kappa shape index (κ2) is 23.8. The molecule has 2 aliphatic heterocycles. The number of nitrogens with zero attached hydrogens (tertiary/aromatic N) is 5. The summed E-state index contributed by atoms with van der Waals surface area (Å²) < 4.78 is 13.4. The number of hydrazine groups is 1. The van der Waals surface area contributed by atoms with Gasteiger partial charge in [0.2, 0.25) is 11.8 Å². The number of amides is 3. The molecule has 4 aromatic rings. The standard InChI is InChI=1S/C44H60N6O5.C9H13NO2/c1-10-49-38-19-18-33(25-35(38)36(26-44(5,6)27-55-28-51)41(49)34-17-14-20-45-39(34)30(4)54-9)32-16-13-15-31(23-32)24-37(43(53)50-22-12-11-21-46-50)47-42(52)40(29(2)3)48(7)8;1-3-9(12)10-4-7(2)8(5-10)6-11/h13-20,23,25,28-30,37,40,46H,10-12,21-22,24,26-27H2,1-9H3,(H,47,52);3,6-8H,1,4-5H2,2H3. The number of aryl methyl sites for hydroxylation is 1. The fourth-order valence-corrected chi connectivity index (χ4v) is 9.51. The second-order valence-electron chi connectivity index (χ2n) is 19.3. The van der Waals surface area contributed by atoms with Crippen LogP contribution in [-0.2, 0) is 52.8 Å². The van der Waals surface area contributed by atoms with Crippen LogP contribution in [0.25, 0.3) is 33.3 Å². The molecule has 0 bridgehead atoms. The Bertz CT molecular complexity index is 2340. The minimum atomic E-state index is -0.733. The average Bonchev–Trinajstić information content (AvgIpc) is 3.85. The van der Waals surface area contributed by atoms with Gasteiger partial charge in [-0.3, -0.25) is 34.1 Å². The molecule has 5 unspecified atom stereocenters. The molecule has 0 saturated carbocycles. The van der Waals surface area contributed by atoms with Crippen molar-refractivity contribution in [3.8, 4) is 22.4 Å². The maximum absolute atomic E-state index is 14.0. The Balaban J connectivity index is 0.000000608. The molecular weight excluding hydrogens is 847 g/mol. The van der Waals surface area contributed by atoms with Gasteiger partial charge in [0.25, 0.3) is 12.4 Å². The zero-order chi connectivity index (χ0) is 49.0. The van der Waals surface area contributed by atoms with Crippen LogP contribution in [0.2, 0.25) is 0 Å². The number of rotatable bonds is 19. The molecule has 14 heteroatoms. The molecule has 362 valence electrons. The summed E-state index contributed by atoms with van der Waals surface area (Å²) in [5, 5.41) is 5.92. The third-order valence-corrected chi connectivity index (χ3v) is 13.0. The van der Waals surface area contributed by atoms with Crippen molar-refractivity contribution in [3.05, 3.63) is 90.3 Å². The Morgan fingerprint density at radius 1 is 1.03 bits per heavy atom. The summed E-state index contributed by atoms with van der Waals surface area (Å²) in [4.78, 5) is 68.9. The van der Waals surface area contributed by atoms with E-state index in [4.69, 9.17) is 14.5 Å². The molecule has 0 aliphatic carbocycles. The number of methoxy groups -OCH3 is 1. The van der Waals surface area contributed by atoms with Crippen molar-refractivity contribution in [2.75, 3.05) is 54.0 Å². The van der Waals surface area contributed by atoms with Gasteiger partial charge in [0.05, 0.1) is 30.1 Å². The first-order valence-corrected chi connectivity index (χ1v) is 23.6. The number of hydrogen-bond donors (Lipinski definition) is 2. The fraction of sp³-hybridized carbons (Fsp3) is 0.509. The van der Waals surface area contributed by atoms with Crippen LogP contribution < -0.4 is 10.7 Å². The highest BCUT2D eigenvalue weighted by molar-refractivity contribution is 5.95. The number of likely N-dealkylation sites (tertiary alicyclic amines) is 1. The van der Waals surface area contributed by atoms with Crippen LogP contribution in [0.1, 0.15) is 84.2 Å². The fourth-order valence-electron chi connectivity index (χ4n) is 9.51. The molecule has 6 rings (SSSR count). The predicted molar refractivity (Wildman–Crippen MR) is 264 cm³/mol. The van der Waals surface area contributed by atoms with E-state index in [1.54, 1.807) is 23.2 Å². The van der Waals surface area contributed by atoms with E-state index in [0.717, 1.165) is 82.3 Å². The second-order valence-corrected chi connectivity index (χ2v) is 19.3. The minimum Gasteiger partial charge on any atom is -0.467 e. The lowest BCUT2D eigenvalue weighted by Crippen LogP contribution is -2.58. The summed E-state index contributed by atoms with van der Waals surface area (Å²) in [5.74, 6) is 0.00430. The molecule has 2 saturated heterocycles. The van der Waals surface area contributed by atoms with Crippen molar-refractivity contribution in [2.45, 2.75) is 98.9 Å². The summed E-state index contributed by atoms with van der Waals surface area (Å²) in [5.41, 5.74) is 11.1. The molecule has 4 heterocycles. The number of fused-ring (bicyclic) bond motifs is 1. The average molecular weight is 920 g/mol. The number of pyridine rings is 1. The molecule has 0 radical (unpaired) electrons. The van der Waals surface area contributed by atoms with E-state index in [1.165, 1.54) is 6.08 Å². The van der Waals surface area contributed by atoms with Gasteiger partial charge in [-0.1, -0.05) is 71.5 Å². The number of nitrogens with one attached hydrogen (secondary N) is 2. The van der Waals surface area contributed by atoms with Gasteiger partial charge in [-0.25, -0.2) is 5.43 Å². The van der Waals surface area contributed by atoms with Crippen molar-refractivity contribution in [1.29, 1.82) is 0 Å². The van der Waals surface area contributed by atoms with Gasteiger partial charge in [-0.15, -0.1) is 0 Å². The predicted octanol–water partition coefficient (Wildman–Crippen LogP) is 7.05. The molecule has 3 amide bonds. The molecule has 14 nitrogen and oxygen atoms in total. The zero-order valence-corrected chi connectivity index (χ0v) is 41.3. The van der Waals surface area contributed by atoms with Crippen LogP contribution in [0.5, 0.6) is 0 Å². The van der Waals surface area contributed by atoms with Gasteiger partial charge in [-0.05, 0) is 112 Å². The Morgan fingerprint density at radius 3 is 2.39 bits per heavy atom. The molecule has 2 fully saturated rings. The first-order valence-electron chi connectivity index (χ1n) is 23.6. The third kappa shape index (κ3) is 12.8. The van der Waals surface area contributed by atoms with Gasteiger partial charge in [0.1, 0.15) is 12.3 Å². The summed E-state index contributed by atoms with van der Waals surface area (Å²) in [6.07, 6.45) is 6.73. The number of hydrogen-bond acceptors (Lipinski definition) is 10. The van der Waals surface area contributed by atoms with E-state index >= 15 is 0 Å². The number of carbonyl (C=O) groups excluding carboxylic acids is 5. The minimum absolute atomic E-state index is 0.00824. The highest BCUT2D eigenvalue weighted by atomic mass is 16.5. The zero-order valence-electron chi connectivity index (χ0n) is 41.3. The largest absolute Gasteiger partial charge is 0.467 e. The van der Waals surface area contributed by atoms with Crippen LogP contribution in [0, 0.1) is 23.2 Å². The normalized spacial score (nSPS) is 17.7. The van der Waals surface area contributed by atoms with Crippen molar-refractivity contribution in [2.24, 2.45) is 23.2 Å². The van der Waals surface area contributed by atoms with E-state index in [2.05, 4.69) is 79.1 Å². The Morgan fingerprint density at radius 2 is 1.78 bits per heavy atom. The van der Waals surface area contributed by atoms with Crippen LogP contribution in [0.4, 0.5) is 0 Å². The van der Waals surface area contributed by atoms with Crippen molar-refractivity contribution < 1.29 is 33.4 Å². The van der Waals surface area contributed by atoms with Gasteiger partial charge >= 0.3 is 0 Å². The summed E-state index contributed by atoms with van der Waals surface area (Å²) in [7, 11) is 5.49. The lowest BCUT2D eigenvalue weighted by atomic mass is 9.84. The van der Waals surface area contributed by atoms with E-state index in [9.17, 15) is 24.0 Å². The van der Waals surface area contributed by atoms with E-state index < -0.39 is 6.04 Å². The first kappa shape index (κ1) is 52.3. The maximum Gasteiger partial charge on any atom is 0.293 e. The Hall–Kier alpha value is -5.70. The topological polar surface area (TPSA) is 155 Å². The van der Waals surface area contributed by atoms with E-state index in [1.807, 2.05) is 64.9 Å². The van der Waals surface area contributed by atoms with Crippen molar-refractivity contribution >= 4 is 41.4 Å². The summed E-state index contributed by atoms with van der Waals surface area (Å²) in [6.45, 7) is 21.9. The summed E-state index contributed by atoms with van der Waals surface area (Å²) in [6, 6.07) is 17.8. The molecule has 2 N–H and O–H groups in total. The smallest absolute Gasteiger partial charge is 0.293 e. The summed E-state index contributed by atoms with van der Waals surface area (Å²) >= 11 is 0. The van der Waals surface area contributed by atoms with Gasteiger partial charge in [-0.2, -0.15) is 0 Å². The van der Waals surface area contributed by atoms with E-state index in [-0.39, 0.29) is 59.6 Å². The lowest BCUT2D eigenvalue weighted by Gasteiger charge is -2.33. The lowest BCUT2D eigenvalue weighted by molar-refractivity contribution is -0.141. The van der Waals surface area contributed by atoms with Crippen molar-refractivity contribution in [1.82, 2.24) is 35.1 Å². The maximum atomic E-state index is 14.0. The van der Waals surface area contributed by atoms with Crippen LogP contribution in [0.15, 0.2) is 73.4 Å². The van der Waals surface area contributed by atoms with Gasteiger partial charge < -0.3 is 29.1 Å². The number of aldehydes is 1. The quantitative estimate of drug-likeness (QED) is 0.0739. The molecule has 2 aromatic carbocycles. The Labute approximate surface area is 397 Å². The van der Waals surface area contributed by atoms with Crippen LogP contribution >= 0.6 is 0 Å². The molecular formula is C53H73N7O7. The number of aromatic nitrogens is 2. The molecule has 0 spiro atoms. The van der Waals surface area contributed by atoms with Crippen LogP contribution in [0.3, 0.4) is 0 Å². The first-order chi connectivity index (χ1) is 32.0. The van der Waals surface area contributed by atoms with Gasteiger partial charge in [0.15, 0.2) is 0 Å². The molecule has 67 heavy (non-hydrogen) atoms. The van der Waals surface area contributed by atoms with Crippen molar-refractivity contribution in [3.63, 3.8) is 0 Å². The molecule has 2 aromatic heterocycles. The van der Waals surface area contributed by atoms with Crippen LogP contribution in [-0.4, -0.2) is 121 Å². The number of likely N-dealkylation sites (N-methyl/N-ethyl adjacent to an activating group) is 1. The van der Waals surface area contributed by atoms with E-state index in [0.29, 0.717) is 38.9 Å². The molecule has 5 atom stereocenters. The number of benzene rings is 2. The van der Waals surface area contributed by atoms with Gasteiger partial charge in [0, 0.05) is 80.3 Å². The third-order valence-electron chi connectivity index (χ3n) is 13.0. The monoisotopic (exact) mass is 920 g/mol. The number of carbonyl (C=O) groups is 5. The number of ether oxygens (including phenoxy) is 2.